The van der Waals surface area contributed by atoms with Gasteiger partial charge < -0.3 is 20.0 Å². The third-order valence-corrected chi connectivity index (χ3v) is 9.16. The molecule has 11 heteroatoms. The maximum absolute atomic E-state index is 15.4. The fourth-order valence-corrected chi connectivity index (χ4v) is 6.70. The average molecular weight is 579 g/mol. The molecule has 1 aliphatic carbocycles. The second kappa shape index (κ2) is 12.0. The van der Waals surface area contributed by atoms with E-state index in [1.807, 2.05) is 12.1 Å². The standard InChI is InChI=1S/C31H41FN8O2.H2/c1-36(2)29(41)25-18-21-20-33-31(35-28(21)40(30(25)42)24-6-4-5-7-24)34-22-8-9-27(26(32)19-22)39-12-10-23(11-13-39)38-16-14-37(3)15-17-38;/h8-9,18-20,23-24H,4-7,10-17H2,1-3H3,(H,33,34,35);1H. The van der Waals surface area contributed by atoms with Crippen LogP contribution in [0.1, 0.15) is 56.4 Å². The summed E-state index contributed by atoms with van der Waals surface area (Å²) in [5, 5.41) is 3.76. The first-order chi connectivity index (χ1) is 20.3. The van der Waals surface area contributed by atoms with Crippen molar-refractivity contribution in [1.82, 2.24) is 29.2 Å². The Hall–Kier alpha value is -3.57. The van der Waals surface area contributed by atoms with Gasteiger partial charge in [-0.05, 0) is 57.0 Å². The number of nitrogens with one attached hydrogen (secondary N) is 1. The molecule has 6 rings (SSSR count). The number of hydrogen-bond donors (Lipinski definition) is 1. The van der Waals surface area contributed by atoms with Crippen LogP contribution in [0.2, 0.25) is 0 Å². The Morgan fingerprint density at radius 3 is 2.38 bits per heavy atom. The summed E-state index contributed by atoms with van der Waals surface area (Å²) < 4.78 is 17.0. The quantitative estimate of drug-likeness (QED) is 0.471. The van der Waals surface area contributed by atoms with Crippen molar-refractivity contribution in [1.29, 1.82) is 0 Å². The van der Waals surface area contributed by atoms with Crippen molar-refractivity contribution in [3.8, 4) is 0 Å². The molecule has 2 saturated heterocycles. The van der Waals surface area contributed by atoms with Gasteiger partial charge in [-0.15, -0.1) is 0 Å². The Morgan fingerprint density at radius 1 is 1.00 bits per heavy atom. The largest absolute Gasteiger partial charge is 0.369 e. The van der Waals surface area contributed by atoms with Gasteiger partial charge in [0, 0.05) is 84.1 Å². The first kappa shape index (κ1) is 28.5. The van der Waals surface area contributed by atoms with Gasteiger partial charge in [0.15, 0.2) is 0 Å². The summed E-state index contributed by atoms with van der Waals surface area (Å²) in [6.07, 6.45) is 7.48. The highest BCUT2D eigenvalue weighted by atomic mass is 19.1. The van der Waals surface area contributed by atoms with E-state index in [1.54, 1.807) is 30.9 Å². The number of carbonyl (C=O) groups is 1. The Bertz CT molecular complexity index is 1510. The van der Waals surface area contributed by atoms with Crippen LogP contribution in [-0.4, -0.2) is 102 Å². The Labute approximate surface area is 247 Å². The molecule has 2 aliphatic heterocycles. The van der Waals surface area contributed by atoms with E-state index in [1.165, 1.54) is 11.0 Å². The van der Waals surface area contributed by atoms with Crippen molar-refractivity contribution in [3.63, 3.8) is 0 Å². The number of benzene rings is 1. The lowest BCUT2D eigenvalue weighted by Crippen LogP contribution is -2.52. The number of nitrogens with zero attached hydrogens (tertiary/aromatic N) is 7. The molecule has 1 saturated carbocycles. The lowest BCUT2D eigenvalue weighted by atomic mass is 10.0. The topological polar surface area (TPSA) is 89.8 Å². The molecule has 1 amide bonds. The molecule has 0 radical (unpaired) electrons. The van der Waals surface area contributed by atoms with Crippen molar-refractivity contribution < 1.29 is 10.6 Å². The van der Waals surface area contributed by atoms with Crippen LogP contribution in [0.3, 0.4) is 0 Å². The van der Waals surface area contributed by atoms with Crippen LogP contribution in [0.5, 0.6) is 0 Å². The summed E-state index contributed by atoms with van der Waals surface area (Å²) in [4.78, 5) is 43.9. The molecular formula is C31H43FN8O2. The van der Waals surface area contributed by atoms with Gasteiger partial charge in [0.25, 0.3) is 11.5 Å². The molecule has 226 valence electrons. The number of piperidine rings is 1. The fourth-order valence-electron chi connectivity index (χ4n) is 6.70. The highest BCUT2D eigenvalue weighted by Gasteiger charge is 2.28. The number of carbonyl (C=O) groups excluding carboxylic acids is 1. The molecule has 1 aromatic carbocycles. The highest BCUT2D eigenvalue weighted by Crippen LogP contribution is 2.32. The van der Waals surface area contributed by atoms with Crippen LogP contribution in [0, 0.1) is 5.82 Å². The van der Waals surface area contributed by atoms with E-state index in [0.717, 1.165) is 77.8 Å². The minimum atomic E-state index is -0.338. The van der Waals surface area contributed by atoms with Crippen molar-refractivity contribution in [2.75, 3.05) is 70.6 Å². The third kappa shape index (κ3) is 5.72. The normalized spacial score (nSPS) is 19.5. The smallest absolute Gasteiger partial charge is 0.265 e. The molecule has 4 heterocycles. The van der Waals surface area contributed by atoms with Crippen molar-refractivity contribution in [2.45, 2.75) is 50.6 Å². The van der Waals surface area contributed by atoms with E-state index < -0.39 is 0 Å². The minimum Gasteiger partial charge on any atom is -0.369 e. The van der Waals surface area contributed by atoms with Crippen molar-refractivity contribution in [3.05, 3.63) is 52.2 Å². The van der Waals surface area contributed by atoms with Crippen molar-refractivity contribution >= 4 is 34.3 Å². The maximum atomic E-state index is 15.4. The number of piperazine rings is 1. The molecule has 3 aromatic rings. The zero-order valence-corrected chi connectivity index (χ0v) is 24.9. The predicted octanol–water partition coefficient (Wildman–Crippen LogP) is 3.95. The molecule has 1 N–H and O–H groups in total. The fraction of sp³-hybridized carbons (Fsp3) is 0.548. The van der Waals surface area contributed by atoms with Crippen molar-refractivity contribution in [2.24, 2.45) is 0 Å². The third-order valence-electron chi connectivity index (χ3n) is 9.16. The number of amides is 1. The van der Waals surface area contributed by atoms with Gasteiger partial charge >= 0.3 is 0 Å². The Morgan fingerprint density at radius 2 is 1.71 bits per heavy atom. The first-order valence-corrected chi connectivity index (χ1v) is 15.2. The zero-order valence-electron chi connectivity index (χ0n) is 24.9. The molecule has 3 fully saturated rings. The van der Waals surface area contributed by atoms with E-state index in [2.05, 4.69) is 32.0 Å². The lowest BCUT2D eigenvalue weighted by Gasteiger charge is -2.42. The van der Waals surface area contributed by atoms with E-state index in [9.17, 15) is 9.59 Å². The van der Waals surface area contributed by atoms with E-state index in [4.69, 9.17) is 4.98 Å². The van der Waals surface area contributed by atoms with Gasteiger partial charge in [0.05, 0.1) is 5.69 Å². The van der Waals surface area contributed by atoms with Gasteiger partial charge in [0.2, 0.25) is 5.95 Å². The first-order valence-electron chi connectivity index (χ1n) is 15.2. The molecule has 0 bridgehead atoms. The predicted molar refractivity (Wildman–Crippen MR) is 165 cm³/mol. The molecular weight excluding hydrogens is 535 g/mol. The number of rotatable bonds is 6. The van der Waals surface area contributed by atoms with Crippen LogP contribution in [0.25, 0.3) is 11.0 Å². The van der Waals surface area contributed by atoms with Gasteiger partial charge in [-0.25, -0.2) is 9.37 Å². The summed E-state index contributed by atoms with van der Waals surface area (Å²) >= 11 is 0. The summed E-state index contributed by atoms with van der Waals surface area (Å²) in [5.74, 6) is -0.344. The molecule has 0 unspecified atom stereocenters. The van der Waals surface area contributed by atoms with Crippen LogP contribution in [0.4, 0.5) is 21.7 Å². The zero-order chi connectivity index (χ0) is 29.4. The number of anilines is 3. The number of aromatic nitrogens is 3. The summed E-state index contributed by atoms with van der Waals surface area (Å²) in [5.41, 5.74) is 1.43. The monoisotopic (exact) mass is 578 g/mol. The van der Waals surface area contributed by atoms with Gasteiger partial charge in [0.1, 0.15) is 17.0 Å². The Balaban J connectivity index is 0.00000368. The van der Waals surface area contributed by atoms with Crippen LogP contribution in [-0.2, 0) is 0 Å². The number of pyridine rings is 1. The van der Waals surface area contributed by atoms with E-state index >= 15 is 4.39 Å². The second-order valence-corrected chi connectivity index (χ2v) is 12.2. The maximum Gasteiger partial charge on any atom is 0.265 e. The van der Waals surface area contributed by atoms with Crippen LogP contribution in [0.15, 0.2) is 35.3 Å². The van der Waals surface area contributed by atoms with E-state index in [-0.39, 0.29) is 36.3 Å². The Kier molecular flexibility index (Phi) is 8.13. The molecule has 10 nitrogen and oxygen atoms in total. The lowest BCUT2D eigenvalue weighted by molar-refractivity contribution is 0.0825. The number of likely N-dealkylation sites (N-methyl/N-ethyl adjacent to an activating group) is 1. The van der Waals surface area contributed by atoms with Gasteiger partial charge in [-0.2, -0.15) is 4.98 Å². The number of hydrogen-bond acceptors (Lipinski definition) is 8. The molecule has 0 atom stereocenters. The summed E-state index contributed by atoms with van der Waals surface area (Å²) in [6.45, 7) is 6.12. The molecule has 3 aliphatic rings. The SMILES string of the molecule is CN1CCN(C2CCN(c3ccc(Nc4ncc5cc(C(=O)N(C)C)c(=O)n(C6CCCC6)c5n4)cc3F)CC2)CC1.[HH]. The summed E-state index contributed by atoms with van der Waals surface area (Å²) in [6, 6.07) is 7.29. The molecule has 0 spiro atoms. The number of fused-ring (bicyclic) bond motifs is 1. The molecule has 2 aromatic heterocycles. The van der Waals surface area contributed by atoms with Crippen LogP contribution >= 0.6 is 0 Å². The van der Waals surface area contributed by atoms with Crippen LogP contribution < -0.4 is 15.8 Å². The van der Waals surface area contributed by atoms with E-state index in [0.29, 0.717) is 28.5 Å². The average Bonchev–Trinajstić information content (AvgIpc) is 3.52. The molecule has 42 heavy (non-hydrogen) atoms. The summed E-state index contributed by atoms with van der Waals surface area (Å²) in [7, 11) is 5.44. The number of halogens is 1. The minimum absolute atomic E-state index is 0. The van der Waals surface area contributed by atoms with Gasteiger partial charge in [-0.1, -0.05) is 12.8 Å². The second-order valence-electron chi connectivity index (χ2n) is 12.2. The van der Waals surface area contributed by atoms with Gasteiger partial charge in [-0.3, -0.25) is 19.1 Å². The highest BCUT2D eigenvalue weighted by molar-refractivity contribution is 5.96.